The summed E-state index contributed by atoms with van der Waals surface area (Å²) in [7, 11) is 7.59. The number of carbonyl (C=O) groups excluding carboxylic acids is 1. The average Bonchev–Trinajstić information content (AvgIpc) is 3.38. The van der Waals surface area contributed by atoms with Gasteiger partial charge in [0.25, 0.3) is 5.91 Å². The topological polar surface area (TPSA) is 99.8 Å². The molecule has 0 saturated heterocycles. The van der Waals surface area contributed by atoms with E-state index in [0.29, 0.717) is 11.1 Å². The number of H-pyrrole nitrogens is 1. The van der Waals surface area contributed by atoms with Crippen molar-refractivity contribution in [2.75, 3.05) is 46.2 Å². The summed E-state index contributed by atoms with van der Waals surface area (Å²) in [4.78, 5) is 29.2. The highest BCUT2D eigenvalue weighted by molar-refractivity contribution is 6.13. The first-order chi connectivity index (χ1) is 14.9. The highest BCUT2D eigenvalue weighted by atomic mass is 16.6. The Kier molecular flexibility index (Phi) is 5.65. The van der Waals surface area contributed by atoms with E-state index in [4.69, 9.17) is 10.6 Å². The van der Waals surface area contributed by atoms with E-state index in [0.717, 1.165) is 59.5 Å². The molecule has 4 rings (SSSR count). The fourth-order valence-corrected chi connectivity index (χ4v) is 4.16. The minimum Gasteiger partial charge on any atom is -0.399 e. The summed E-state index contributed by atoms with van der Waals surface area (Å²) in [6.07, 6.45) is 3.42. The molecule has 3 N–H and O–H groups in total. The Hall–Kier alpha value is -3.39. The number of primary amides is 1. The van der Waals surface area contributed by atoms with Crippen molar-refractivity contribution in [3.63, 3.8) is 0 Å². The van der Waals surface area contributed by atoms with Crippen molar-refractivity contribution in [1.29, 1.82) is 0 Å². The number of hydrogen-bond donors (Lipinski definition) is 2. The maximum absolute atomic E-state index is 12.4. The van der Waals surface area contributed by atoms with E-state index in [1.54, 1.807) is 13.4 Å². The molecule has 0 spiro atoms. The minimum atomic E-state index is -0.476. The third-order valence-corrected chi connectivity index (χ3v) is 5.79. The van der Waals surface area contributed by atoms with E-state index in [1.807, 2.05) is 27.2 Å². The van der Waals surface area contributed by atoms with Gasteiger partial charge in [-0.1, -0.05) is 17.3 Å². The number of likely N-dealkylation sites (N-methyl/N-ethyl adjacent to an activating group) is 2. The van der Waals surface area contributed by atoms with Gasteiger partial charge in [-0.2, -0.15) is 0 Å². The van der Waals surface area contributed by atoms with Gasteiger partial charge in [0.15, 0.2) is 0 Å². The number of rotatable bonds is 7. The number of nitrogens with two attached hydrogens (primary N) is 1. The number of fused-ring (bicyclic) bond motifs is 2. The molecule has 8 nitrogen and oxygen atoms in total. The van der Waals surface area contributed by atoms with Gasteiger partial charge in [0.1, 0.15) is 7.11 Å². The summed E-state index contributed by atoms with van der Waals surface area (Å²) in [5, 5.41) is 4.20. The highest BCUT2D eigenvalue weighted by Crippen LogP contribution is 2.37. The molecule has 3 aromatic rings. The van der Waals surface area contributed by atoms with E-state index < -0.39 is 5.91 Å². The number of oxime groups is 1. The Morgan fingerprint density at radius 3 is 2.71 bits per heavy atom. The number of anilines is 1. The van der Waals surface area contributed by atoms with Crippen molar-refractivity contribution in [2.45, 2.75) is 12.8 Å². The summed E-state index contributed by atoms with van der Waals surface area (Å²) in [6.45, 7) is 1.60. The van der Waals surface area contributed by atoms with Crippen LogP contribution in [0, 0.1) is 0 Å². The summed E-state index contributed by atoms with van der Waals surface area (Å²) < 4.78 is 0. The molecule has 1 amide bonds. The Labute approximate surface area is 181 Å². The predicted molar refractivity (Wildman–Crippen MR) is 124 cm³/mol. The van der Waals surface area contributed by atoms with E-state index in [1.165, 1.54) is 5.56 Å². The van der Waals surface area contributed by atoms with Crippen molar-refractivity contribution in [3.8, 4) is 11.1 Å². The average molecular weight is 421 g/mol. The van der Waals surface area contributed by atoms with E-state index in [9.17, 15) is 4.79 Å². The zero-order valence-corrected chi connectivity index (χ0v) is 18.4. The van der Waals surface area contributed by atoms with Gasteiger partial charge in [0, 0.05) is 31.3 Å². The van der Waals surface area contributed by atoms with Gasteiger partial charge >= 0.3 is 0 Å². The summed E-state index contributed by atoms with van der Waals surface area (Å²) in [5.41, 5.74) is 13.7. The van der Waals surface area contributed by atoms with Gasteiger partial charge in [-0.05, 0) is 50.2 Å². The molecular formula is C23H28N6O2. The molecule has 0 unspecified atom stereocenters. The first kappa shape index (κ1) is 20.9. The lowest BCUT2D eigenvalue weighted by Crippen LogP contribution is -2.30. The standard InChI is InChI=1S/C23H28N6O2/c1-28(2)9-10-29(3)19-12-17(21-22(26-13-25-21)20(19)23(24)30)15-6-5-14-7-8-18(27-31-4)16(14)11-15/h5-6,11-13H,7-10H2,1-4H3,(H2,24,30)(H,25,26). The molecule has 1 aliphatic rings. The molecule has 0 atom stereocenters. The number of nitrogens with one attached hydrogen (secondary N) is 1. The van der Waals surface area contributed by atoms with Crippen molar-refractivity contribution in [2.24, 2.45) is 10.9 Å². The Balaban J connectivity index is 1.89. The predicted octanol–water partition coefficient (Wildman–Crippen LogP) is 2.62. The van der Waals surface area contributed by atoms with Gasteiger partial charge in [0.05, 0.1) is 34.3 Å². The number of aromatic nitrogens is 2. The van der Waals surface area contributed by atoms with Crippen LogP contribution < -0.4 is 10.6 Å². The van der Waals surface area contributed by atoms with Crippen LogP contribution in [0.4, 0.5) is 5.69 Å². The van der Waals surface area contributed by atoms with Crippen LogP contribution in [0.3, 0.4) is 0 Å². The number of nitrogens with zero attached hydrogens (tertiary/aromatic N) is 4. The molecule has 2 aromatic carbocycles. The molecular weight excluding hydrogens is 392 g/mol. The van der Waals surface area contributed by atoms with Crippen LogP contribution in [0.15, 0.2) is 35.7 Å². The third-order valence-electron chi connectivity index (χ3n) is 5.79. The second kappa shape index (κ2) is 8.39. The largest absolute Gasteiger partial charge is 0.399 e. The number of aryl methyl sites for hydroxylation is 1. The van der Waals surface area contributed by atoms with Crippen molar-refractivity contribution < 1.29 is 9.63 Å². The van der Waals surface area contributed by atoms with Gasteiger partial charge in [-0.15, -0.1) is 0 Å². The number of carbonyl (C=O) groups is 1. The lowest BCUT2D eigenvalue weighted by molar-refractivity contribution is 0.100. The number of imidazole rings is 1. The number of aromatic amines is 1. The van der Waals surface area contributed by atoms with Crippen LogP contribution in [0.25, 0.3) is 22.2 Å². The molecule has 8 heteroatoms. The molecule has 0 radical (unpaired) electrons. The normalized spacial score (nSPS) is 14.4. The first-order valence-electron chi connectivity index (χ1n) is 10.3. The Bertz CT molecular complexity index is 1160. The molecule has 0 saturated carbocycles. The molecule has 0 fully saturated rings. The Morgan fingerprint density at radius 2 is 2.00 bits per heavy atom. The quantitative estimate of drug-likeness (QED) is 0.573. The van der Waals surface area contributed by atoms with E-state index in [-0.39, 0.29) is 0 Å². The zero-order chi connectivity index (χ0) is 22.1. The summed E-state index contributed by atoms with van der Waals surface area (Å²) in [5.74, 6) is -0.476. The van der Waals surface area contributed by atoms with Crippen LogP contribution >= 0.6 is 0 Å². The van der Waals surface area contributed by atoms with Crippen LogP contribution in [-0.2, 0) is 11.3 Å². The smallest absolute Gasteiger partial charge is 0.253 e. The maximum atomic E-state index is 12.4. The molecule has 1 heterocycles. The summed E-state index contributed by atoms with van der Waals surface area (Å²) >= 11 is 0. The lowest BCUT2D eigenvalue weighted by Gasteiger charge is -2.24. The van der Waals surface area contributed by atoms with Crippen LogP contribution in [0.1, 0.15) is 27.9 Å². The molecule has 1 aliphatic carbocycles. The van der Waals surface area contributed by atoms with Crippen LogP contribution in [0.5, 0.6) is 0 Å². The summed E-state index contributed by atoms with van der Waals surface area (Å²) in [6, 6.07) is 8.39. The van der Waals surface area contributed by atoms with Crippen molar-refractivity contribution in [3.05, 3.63) is 47.3 Å². The fourth-order valence-electron chi connectivity index (χ4n) is 4.16. The fraction of sp³-hybridized carbons (Fsp3) is 0.348. The molecule has 0 bridgehead atoms. The molecule has 162 valence electrons. The second-order valence-electron chi connectivity index (χ2n) is 8.13. The van der Waals surface area contributed by atoms with Crippen LogP contribution in [0.2, 0.25) is 0 Å². The second-order valence-corrected chi connectivity index (χ2v) is 8.13. The number of hydrogen-bond acceptors (Lipinski definition) is 6. The van der Waals surface area contributed by atoms with E-state index >= 15 is 0 Å². The Morgan fingerprint density at radius 1 is 1.19 bits per heavy atom. The monoisotopic (exact) mass is 420 g/mol. The van der Waals surface area contributed by atoms with Crippen molar-refractivity contribution >= 4 is 28.3 Å². The lowest BCUT2D eigenvalue weighted by atomic mass is 9.96. The number of benzene rings is 2. The third kappa shape index (κ3) is 3.86. The van der Waals surface area contributed by atoms with Gasteiger partial charge < -0.3 is 25.4 Å². The van der Waals surface area contributed by atoms with Gasteiger partial charge in [0.2, 0.25) is 0 Å². The zero-order valence-electron chi connectivity index (χ0n) is 18.4. The number of amides is 1. The van der Waals surface area contributed by atoms with Gasteiger partial charge in [-0.3, -0.25) is 4.79 Å². The van der Waals surface area contributed by atoms with Crippen LogP contribution in [-0.4, -0.2) is 67.8 Å². The van der Waals surface area contributed by atoms with Crippen molar-refractivity contribution in [1.82, 2.24) is 14.9 Å². The SMILES string of the molecule is CON=C1CCc2ccc(-c3cc(N(C)CCN(C)C)c(C(N)=O)c4[nH]cnc34)cc21. The first-order valence-corrected chi connectivity index (χ1v) is 10.3. The van der Waals surface area contributed by atoms with E-state index in [2.05, 4.69) is 43.1 Å². The highest BCUT2D eigenvalue weighted by Gasteiger charge is 2.24. The minimum absolute atomic E-state index is 0.459. The molecule has 31 heavy (non-hydrogen) atoms. The van der Waals surface area contributed by atoms with Gasteiger partial charge in [-0.25, -0.2) is 4.98 Å². The molecule has 0 aliphatic heterocycles. The maximum Gasteiger partial charge on any atom is 0.253 e. The molecule has 1 aromatic heterocycles.